The summed E-state index contributed by atoms with van der Waals surface area (Å²) in [6, 6.07) is 12.2. The number of benzene rings is 2. The molecule has 2 N–H and O–H groups in total. The van der Waals surface area contributed by atoms with Crippen LogP contribution in [0.1, 0.15) is 15.2 Å². The van der Waals surface area contributed by atoms with E-state index in [1.165, 1.54) is 29.5 Å². The molecular weight excluding hydrogens is 455 g/mol. The van der Waals surface area contributed by atoms with Crippen molar-refractivity contribution in [3.05, 3.63) is 69.4 Å². The number of hydrogen-bond donors (Lipinski definition) is 2. The molecule has 2 heterocycles. The van der Waals surface area contributed by atoms with Gasteiger partial charge in [0.2, 0.25) is 0 Å². The summed E-state index contributed by atoms with van der Waals surface area (Å²) in [6.45, 7) is 0.0188. The second-order valence-corrected chi connectivity index (χ2v) is 7.64. The fourth-order valence-electron chi connectivity index (χ4n) is 2.80. The number of aromatic nitrogens is 2. The molecule has 4 rings (SSSR count). The Morgan fingerprint density at radius 3 is 2.74 bits per heavy atom. The van der Waals surface area contributed by atoms with Crippen LogP contribution >= 0.6 is 22.9 Å². The van der Waals surface area contributed by atoms with Gasteiger partial charge in [-0.2, -0.15) is 5.10 Å². The maximum Gasteiger partial charge on any atom is 0.573 e. The van der Waals surface area contributed by atoms with Crippen LogP contribution < -0.4 is 14.8 Å². The van der Waals surface area contributed by atoms with E-state index < -0.39 is 6.36 Å². The maximum absolute atomic E-state index is 12.4. The van der Waals surface area contributed by atoms with Gasteiger partial charge >= 0.3 is 6.36 Å². The van der Waals surface area contributed by atoms with E-state index in [0.29, 0.717) is 37.9 Å². The Morgan fingerprint density at radius 2 is 2.00 bits per heavy atom. The van der Waals surface area contributed by atoms with Crippen LogP contribution in [0.4, 0.5) is 19.0 Å². The molecule has 0 spiro atoms. The summed E-state index contributed by atoms with van der Waals surface area (Å²) in [6.07, 6.45) is -4.76. The van der Waals surface area contributed by atoms with Crippen LogP contribution in [0.2, 0.25) is 5.02 Å². The Balaban J connectivity index is 1.48. The van der Waals surface area contributed by atoms with Crippen molar-refractivity contribution in [2.24, 2.45) is 0 Å². The number of anilines is 1. The predicted octanol–water partition coefficient (Wildman–Crippen LogP) is 6.01. The quantitative estimate of drug-likeness (QED) is 0.364. The number of carbonyl (C=O) groups excluding carboxylic acids is 1. The van der Waals surface area contributed by atoms with Crippen LogP contribution in [0, 0.1) is 0 Å². The lowest BCUT2D eigenvalue weighted by atomic mass is 10.2. The van der Waals surface area contributed by atoms with Crippen molar-refractivity contribution in [2.75, 3.05) is 5.32 Å². The molecule has 0 atom stereocenters. The van der Waals surface area contributed by atoms with Gasteiger partial charge in [0.25, 0.3) is 5.91 Å². The van der Waals surface area contributed by atoms with Crippen LogP contribution in [0.3, 0.4) is 0 Å². The lowest BCUT2D eigenvalue weighted by molar-refractivity contribution is -0.274. The average molecular weight is 468 g/mol. The monoisotopic (exact) mass is 467 g/mol. The van der Waals surface area contributed by atoms with Crippen LogP contribution in [0.5, 0.6) is 11.5 Å². The lowest BCUT2D eigenvalue weighted by Gasteiger charge is -2.11. The summed E-state index contributed by atoms with van der Waals surface area (Å²) in [7, 11) is 0. The summed E-state index contributed by atoms with van der Waals surface area (Å²) in [5.41, 5.74) is 1.16. The van der Waals surface area contributed by atoms with Crippen LogP contribution in [0.15, 0.2) is 53.9 Å². The number of halogens is 4. The average Bonchev–Trinajstić information content (AvgIpc) is 3.31. The molecule has 0 aliphatic carbocycles. The second kappa shape index (κ2) is 8.48. The lowest BCUT2D eigenvalue weighted by Crippen LogP contribution is -2.17. The highest BCUT2D eigenvalue weighted by atomic mass is 35.5. The minimum atomic E-state index is -4.76. The van der Waals surface area contributed by atoms with Gasteiger partial charge in [-0.05, 0) is 47.3 Å². The van der Waals surface area contributed by atoms with Crippen molar-refractivity contribution in [1.29, 1.82) is 0 Å². The third-order valence-corrected chi connectivity index (χ3v) is 5.47. The summed E-state index contributed by atoms with van der Waals surface area (Å²) in [5.74, 6) is 0.0357. The van der Waals surface area contributed by atoms with E-state index in [-0.39, 0.29) is 18.3 Å². The van der Waals surface area contributed by atoms with Gasteiger partial charge in [-0.15, -0.1) is 24.5 Å². The zero-order valence-electron chi connectivity index (χ0n) is 15.5. The minimum absolute atomic E-state index is 0.0188. The summed E-state index contributed by atoms with van der Waals surface area (Å²) in [5, 5.41) is 12.3. The second-order valence-electron chi connectivity index (χ2n) is 6.32. The number of amides is 1. The highest BCUT2D eigenvalue weighted by molar-refractivity contribution is 7.12. The van der Waals surface area contributed by atoms with Crippen molar-refractivity contribution in [1.82, 2.24) is 10.2 Å². The number of aromatic amines is 1. The Hall–Kier alpha value is -3.24. The first-order valence-corrected chi connectivity index (χ1v) is 10.0. The molecule has 0 aliphatic heterocycles. The van der Waals surface area contributed by atoms with Gasteiger partial charge in [-0.3, -0.25) is 9.89 Å². The molecular formula is C20H13ClF3N3O3S. The first kappa shape index (κ1) is 21.0. The molecule has 31 heavy (non-hydrogen) atoms. The van der Waals surface area contributed by atoms with Gasteiger partial charge in [0.15, 0.2) is 5.82 Å². The van der Waals surface area contributed by atoms with Gasteiger partial charge in [0, 0.05) is 5.39 Å². The molecule has 0 fully saturated rings. The molecule has 11 heteroatoms. The van der Waals surface area contributed by atoms with Crippen LogP contribution in [-0.2, 0) is 6.61 Å². The molecule has 0 bridgehead atoms. The van der Waals surface area contributed by atoms with Crippen LogP contribution in [0.25, 0.3) is 10.9 Å². The summed E-state index contributed by atoms with van der Waals surface area (Å²) in [4.78, 5) is 12.8. The van der Waals surface area contributed by atoms with E-state index in [2.05, 4.69) is 20.3 Å². The van der Waals surface area contributed by atoms with Gasteiger partial charge in [-0.25, -0.2) is 0 Å². The molecule has 0 saturated carbocycles. The zero-order chi connectivity index (χ0) is 22.0. The summed E-state index contributed by atoms with van der Waals surface area (Å²) < 4.78 is 46.8. The molecule has 0 aliphatic rings. The number of nitrogens with one attached hydrogen (secondary N) is 2. The zero-order valence-corrected chi connectivity index (χ0v) is 17.1. The van der Waals surface area contributed by atoms with Crippen molar-refractivity contribution in [3.63, 3.8) is 0 Å². The van der Waals surface area contributed by atoms with E-state index in [0.717, 1.165) is 0 Å². The number of ether oxygens (including phenoxy) is 2. The fourth-order valence-corrected chi connectivity index (χ4v) is 3.83. The van der Waals surface area contributed by atoms with E-state index >= 15 is 0 Å². The predicted molar refractivity (Wildman–Crippen MR) is 111 cm³/mol. The minimum Gasteiger partial charge on any atom is -0.489 e. The molecule has 160 valence electrons. The normalized spacial score (nSPS) is 11.5. The number of nitrogens with zero attached hydrogens (tertiary/aromatic N) is 1. The number of rotatable bonds is 6. The third-order valence-electron chi connectivity index (χ3n) is 4.13. The smallest absolute Gasteiger partial charge is 0.489 e. The third kappa shape index (κ3) is 5.09. The molecule has 2 aromatic carbocycles. The SMILES string of the molecule is O=C(Nc1n[nH]c2ccc(OCc3cccc(OC(F)(F)F)c3)cc12)c1sccc1Cl. The Labute approximate surface area is 182 Å². The first-order chi connectivity index (χ1) is 14.8. The number of fused-ring (bicyclic) bond motifs is 1. The largest absolute Gasteiger partial charge is 0.573 e. The molecule has 0 radical (unpaired) electrons. The Bertz CT molecular complexity index is 1240. The number of thiophene rings is 1. The number of H-pyrrole nitrogens is 1. The van der Waals surface area contributed by atoms with Crippen molar-refractivity contribution in [3.8, 4) is 11.5 Å². The fraction of sp³-hybridized carbons (Fsp3) is 0.100. The number of alkyl halides is 3. The first-order valence-electron chi connectivity index (χ1n) is 8.78. The standard InChI is InChI=1S/C20H13ClF3N3O3S/c21-15-6-7-31-17(15)19(28)25-18-14-9-12(4-5-16(14)26-27-18)29-10-11-2-1-3-13(8-11)30-20(22,23)24/h1-9H,10H2,(H2,25,26,27,28). The molecule has 2 aromatic heterocycles. The van der Waals surface area contributed by atoms with Crippen LogP contribution in [-0.4, -0.2) is 22.5 Å². The number of hydrogen-bond acceptors (Lipinski definition) is 5. The molecule has 6 nitrogen and oxygen atoms in total. The van der Waals surface area contributed by atoms with E-state index in [1.54, 1.807) is 35.7 Å². The van der Waals surface area contributed by atoms with E-state index in [1.807, 2.05) is 0 Å². The highest BCUT2D eigenvalue weighted by Gasteiger charge is 2.31. The van der Waals surface area contributed by atoms with Crippen molar-refractivity contribution in [2.45, 2.75) is 13.0 Å². The van der Waals surface area contributed by atoms with Gasteiger partial charge in [0.1, 0.15) is 23.0 Å². The van der Waals surface area contributed by atoms with E-state index in [4.69, 9.17) is 16.3 Å². The molecule has 0 saturated heterocycles. The van der Waals surface area contributed by atoms with Gasteiger partial charge in [-0.1, -0.05) is 23.7 Å². The Kier molecular flexibility index (Phi) is 5.75. The molecule has 0 unspecified atom stereocenters. The maximum atomic E-state index is 12.4. The van der Waals surface area contributed by atoms with Gasteiger partial charge < -0.3 is 14.8 Å². The Morgan fingerprint density at radius 1 is 1.16 bits per heavy atom. The summed E-state index contributed by atoms with van der Waals surface area (Å²) >= 11 is 7.21. The highest BCUT2D eigenvalue weighted by Crippen LogP contribution is 2.29. The molecule has 1 amide bonds. The van der Waals surface area contributed by atoms with Gasteiger partial charge in [0.05, 0.1) is 10.5 Å². The topological polar surface area (TPSA) is 76.2 Å². The molecule has 4 aromatic rings. The van der Waals surface area contributed by atoms with Crippen molar-refractivity contribution < 1.29 is 27.4 Å². The number of carbonyl (C=O) groups is 1. The van der Waals surface area contributed by atoms with E-state index in [9.17, 15) is 18.0 Å². The van der Waals surface area contributed by atoms with Crippen molar-refractivity contribution >= 4 is 45.6 Å².